The van der Waals surface area contributed by atoms with Crippen LogP contribution >= 0.6 is 11.6 Å². The standard InChI is InChI=1S/C21H29ClF3N5O6/c22-16-9-15(21(23,24)25)10-26-17(16)11-27-1-3-28(12-18(31)32)5-7-30(14-20(35)36)8-6-29(4-2-27)13-19(33)34/h9-10H,1-8,11-14H2,(H,31,32)(H,33,34)(H,35,36). The SMILES string of the molecule is O=C(O)CN1CCN(CC(=O)O)CCN(Cc2ncc(C(F)(F)F)cc2Cl)CCN(CC(=O)O)CC1. The van der Waals surface area contributed by atoms with E-state index in [1.165, 1.54) is 0 Å². The summed E-state index contributed by atoms with van der Waals surface area (Å²) in [5.74, 6) is -3.17. The Balaban J connectivity index is 2.23. The Morgan fingerprint density at radius 1 is 0.778 bits per heavy atom. The first-order chi connectivity index (χ1) is 16.8. The molecular formula is C21H29ClF3N5O6. The molecule has 0 amide bonds. The van der Waals surface area contributed by atoms with Gasteiger partial charge in [-0.25, -0.2) is 0 Å². The van der Waals surface area contributed by atoms with Gasteiger partial charge in [0.2, 0.25) is 0 Å². The minimum atomic E-state index is -4.59. The first-order valence-corrected chi connectivity index (χ1v) is 11.5. The number of hydrogen-bond donors (Lipinski definition) is 3. The molecule has 0 aliphatic carbocycles. The summed E-state index contributed by atoms with van der Waals surface area (Å²) in [7, 11) is 0. The Hall–Kier alpha value is -2.52. The molecule has 0 unspecified atom stereocenters. The van der Waals surface area contributed by atoms with E-state index in [-0.39, 0.29) is 76.2 Å². The highest BCUT2D eigenvalue weighted by Gasteiger charge is 2.31. The second-order valence-electron chi connectivity index (χ2n) is 8.44. The van der Waals surface area contributed by atoms with Crippen LogP contribution in [0.25, 0.3) is 0 Å². The van der Waals surface area contributed by atoms with Crippen LogP contribution in [-0.2, 0) is 27.1 Å². The number of pyridine rings is 1. The molecule has 1 aliphatic rings. The second-order valence-corrected chi connectivity index (χ2v) is 8.84. The number of hydrogen-bond acceptors (Lipinski definition) is 8. The number of carboxylic acids is 3. The molecule has 11 nitrogen and oxygen atoms in total. The summed E-state index contributed by atoms with van der Waals surface area (Å²) in [6.07, 6.45) is -3.89. The highest BCUT2D eigenvalue weighted by Crippen LogP contribution is 2.31. The van der Waals surface area contributed by atoms with Crippen LogP contribution in [0.15, 0.2) is 12.3 Å². The van der Waals surface area contributed by atoms with E-state index < -0.39 is 29.6 Å². The van der Waals surface area contributed by atoms with Crippen molar-refractivity contribution in [1.29, 1.82) is 0 Å². The van der Waals surface area contributed by atoms with Gasteiger partial charge in [-0.3, -0.25) is 39.0 Å². The number of alkyl halides is 3. The highest BCUT2D eigenvalue weighted by atomic mass is 35.5. The maximum atomic E-state index is 13.0. The van der Waals surface area contributed by atoms with E-state index in [2.05, 4.69) is 4.98 Å². The van der Waals surface area contributed by atoms with Crippen molar-refractivity contribution in [2.24, 2.45) is 0 Å². The lowest BCUT2D eigenvalue weighted by Gasteiger charge is -2.33. The molecule has 0 bridgehead atoms. The molecule has 202 valence electrons. The fourth-order valence-electron chi connectivity index (χ4n) is 3.73. The van der Waals surface area contributed by atoms with Crippen molar-refractivity contribution in [2.75, 3.05) is 72.0 Å². The number of carbonyl (C=O) groups is 3. The van der Waals surface area contributed by atoms with Crippen LogP contribution in [0.4, 0.5) is 13.2 Å². The minimum Gasteiger partial charge on any atom is -0.480 e. The van der Waals surface area contributed by atoms with Gasteiger partial charge < -0.3 is 15.3 Å². The van der Waals surface area contributed by atoms with Crippen molar-refractivity contribution >= 4 is 29.5 Å². The zero-order chi connectivity index (χ0) is 26.9. The van der Waals surface area contributed by atoms with Crippen LogP contribution in [0.5, 0.6) is 0 Å². The molecule has 1 aromatic rings. The molecule has 15 heteroatoms. The molecule has 1 fully saturated rings. The van der Waals surface area contributed by atoms with Crippen LogP contribution in [-0.4, -0.2) is 130 Å². The smallest absolute Gasteiger partial charge is 0.417 e. The van der Waals surface area contributed by atoms with Gasteiger partial charge in [0.25, 0.3) is 0 Å². The fraction of sp³-hybridized carbons (Fsp3) is 0.619. The van der Waals surface area contributed by atoms with Gasteiger partial charge in [0.05, 0.1) is 35.9 Å². The van der Waals surface area contributed by atoms with E-state index in [1.54, 1.807) is 14.7 Å². The summed E-state index contributed by atoms with van der Waals surface area (Å²) >= 11 is 6.07. The summed E-state index contributed by atoms with van der Waals surface area (Å²) < 4.78 is 38.9. The maximum Gasteiger partial charge on any atom is 0.417 e. The lowest BCUT2D eigenvalue weighted by atomic mass is 10.2. The zero-order valence-electron chi connectivity index (χ0n) is 19.5. The van der Waals surface area contributed by atoms with Crippen molar-refractivity contribution in [2.45, 2.75) is 12.7 Å². The molecule has 36 heavy (non-hydrogen) atoms. The maximum absolute atomic E-state index is 13.0. The van der Waals surface area contributed by atoms with Crippen LogP contribution in [0.3, 0.4) is 0 Å². The molecule has 2 heterocycles. The Bertz CT molecular complexity index is 891. The number of halogens is 4. The average molecular weight is 540 g/mol. The van der Waals surface area contributed by atoms with Gasteiger partial charge in [-0.05, 0) is 6.07 Å². The monoisotopic (exact) mass is 539 g/mol. The van der Waals surface area contributed by atoms with Crippen molar-refractivity contribution in [1.82, 2.24) is 24.6 Å². The molecule has 0 atom stereocenters. The van der Waals surface area contributed by atoms with Crippen LogP contribution in [0.1, 0.15) is 11.3 Å². The molecule has 1 saturated heterocycles. The molecular weight excluding hydrogens is 511 g/mol. The molecule has 1 aliphatic heterocycles. The minimum absolute atomic E-state index is 0.0733. The summed E-state index contributed by atoms with van der Waals surface area (Å²) in [5, 5.41) is 27.6. The first-order valence-electron chi connectivity index (χ1n) is 11.1. The number of rotatable bonds is 8. The summed E-state index contributed by atoms with van der Waals surface area (Å²) in [4.78, 5) is 44.5. The van der Waals surface area contributed by atoms with E-state index in [0.717, 1.165) is 6.07 Å². The van der Waals surface area contributed by atoms with Gasteiger partial charge >= 0.3 is 24.1 Å². The molecule has 0 radical (unpaired) electrons. The Labute approximate surface area is 210 Å². The predicted molar refractivity (Wildman–Crippen MR) is 122 cm³/mol. The van der Waals surface area contributed by atoms with Crippen molar-refractivity contribution in [3.8, 4) is 0 Å². The van der Waals surface area contributed by atoms with Crippen LogP contribution in [0.2, 0.25) is 5.02 Å². The first kappa shape index (κ1) is 29.7. The van der Waals surface area contributed by atoms with Gasteiger partial charge in [0, 0.05) is 65.1 Å². The molecule has 0 spiro atoms. The van der Waals surface area contributed by atoms with E-state index >= 15 is 0 Å². The van der Waals surface area contributed by atoms with E-state index in [1.807, 2.05) is 4.90 Å². The topological polar surface area (TPSA) is 138 Å². The molecule has 3 N–H and O–H groups in total. The van der Waals surface area contributed by atoms with E-state index in [4.69, 9.17) is 11.6 Å². The summed E-state index contributed by atoms with van der Waals surface area (Å²) in [5.41, 5.74) is -0.768. The third-order valence-corrected chi connectivity index (χ3v) is 5.95. The van der Waals surface area contributed by atoms with E-state index in [9.17, 15) is 42.9 Å². The zero-order valence-corrected chi connectivity index (χ0v) is 20.2. The predicted octanol–water partition coefficient (Wildman–Crippen LogP) is 0.729. The number of carboxylic acid groups (broad SMARTS) is 3. The largest absolute Gasteiger partial charge is 0.480 e. The van der Waals surface area contributed by atoms with Crippen LogP contribution < -0.4 is 0 Å². The van der Waals surface area contributed by atoms with Crippen LogP contribution in [0, 0.1) is 0 Å². The lowest BCUT2D eigenvalue weighted by molar-refractivity contribution is -0.140. The second kappa shape index (κ2) is 13.7. The molecule has 1 aromatic heterocycles. The Morgan fingerprint density at radius 2 is 1.14 bits per heavy atom. The Kier molecular flexibility index (Phi) is 11.3. The van der Waals surface area contributed by atoms with Gasteiger partial charge in [0.15, 0.2) is 0 Å². The quantitative estimate of drug-likeness (QED) is 0.431. The van der Waals surface area contributed by atoms with Crippen molar-refractivity contribution < 1.29 is 42.9 Å². The molecule has 0 aromatic carbocycles. The van der Waals surface area contributed by atoms with Gasteiger partial charge in [0.1, 0.15) is 0 Å². The number of nitrogens with zero attached hydrogens (tertiary/aromatic N) is 5. The highest BCUT2D eigenvalue weighted by molar-refractivity contribution is 6.31. The third kappa shape index (κ3) is 10.6. The average Bonchev–Trinajstić information content (AvgIpc) is 2.75. The van der Waals surface area contributed by atoms with Crippen molar-refractivity contribution in [3.05, 3.63) is 28.5 Å². The molecule has 0 saturated carbocycles. The van der Waals surface area contributed by atoms with Gasteiger partial charge in [-0.1, -0.05) is 11.6 Å². The number of aromatic nitrogens is 1. The number of aliphatic carboxylic acids is 3. The molecule has 2 rings (SSSR count). The van der Waals surface area contributed by atoms with Gasteiger partial charge in [-0.2, -0.15) is 13.2 Å². The van der Waals surface area contributed by atoms with E-state index in [0.29, 0.717) is 19.3 Å². The van der Waals surface area contributed by atoms with Gasteiger partial charge in [-0.15, -0.1) is 0 Å². The lowest BCUT2D eigenvalue weighted by Crippen LogP contribution is -2.48. The Morgan fingerprint density at radius 3 is 1.44 bits per heavy atom. The third-order valence-electron chi connectivity index (χ3n) is 5.62. The van der Waals surface area contributed by atoms with Crippen molar-refractivity contribution in [3.63, 3.8) is 0 Å². The normalized spacial score (nSPS) is 18.3. The fourth-order valence-corrected chi connectivity index (χ4v) is 3.96. The summed E-state index contributed by atoms with van der Waals surface area (Å²) in [6, 6.07) is 0.797. The summed E-state index contributed by atoms with van der Waals surface area (Å²) in [6.45, 7) is 1.40.